The summed E-state index contributed by atoms with van der Waals surface area (Å²) in [4.78, 5) is 14.6. The average molecular weight is 401 g/mol. The Morgan fingerprint density at radius 1 is 1.29 bits per heavy atom. The second-order valence-corrected chi connectivity index (χ2v) is 8.37. The van der Waals surface area contributed by atoms with E-state index in [1.165, 1.54) is 19.3 Å². The lowest BCUT2D eigenvalue weighted by Crippen LogP contribution is -2.34. The van der Waals surface area contributed by atoms with Crippen LogP contribution in [0.1, 0.15) is 25.0 Å². The van der Waals surface area contributed by atoms with E-state index in [4.69, 9.17) is 4.74 Å². The summed E-state index contributed by atoms with van der Waals surface area (Å²) in [6, 6.07) is 12.7. The van der Waals surface area contributed by atoms with E-state index in [2.05, 4.69) is 4.72 Å². The molecule has 0 bridgehead atoms. The zero-order valence-electron chi connectivity index (χ0n) is 16.2. The summed E-state index contributed by atoms with van der Waals surface area (Å²) in [7, 11) is -2.26. The number of nitrogens with zero attached hydrogens (tertiary/aromatic N) is 1. The van der Waals surface area contributed by atoms with Crippen molar-refractivity contribution in [1.82, 2.24) is 4.72 Å². The Bertz CT molecular complexity index is 1010. The molecule has 3 rings (SSSR count). The monoisotopic (exact) mass is 400 g/mol. The summed E-state index contributed by atoms with van der Waals surface area (Å²) in [6.45, 7) is 4.00. The Labute approximate surface area is 165 Å². The number of rotatable bonds is 6. The van der Waals surface area contributed by atoms with Gasteiger partial charge in [0.05, 0.1) is 7.11 Å². The van der Waals surface area contributed by atoms with Crippen LogP contribution in [0.15, 0.2) is 53.4 Å². The highest BCUT2D eigenvalue weighted by atomic mass is 32.2. The van der Waals surface area contributed by atoms with Crippen LogP contribution >= 0.6 is 0 Å². The number of fused-ring (bicyclic) bond motifs is 1. The second-order valence-electron chi connectivity index (χ2n) is 6.64. The molecule has 2 aromatic carbocycles. The first kappa shape index (κ1) is 20.1. The molecule has 1 aliphatic heterocycles. The molecule has 0 fully saturated rings. The van der Waals surface area contributed by atoms with Crippen LogP contribution in [0.25, 0.3) is 6.08 Å². The number of anilines is 1. The molecule has 0 aliphatic carbocycles. The van der Waals surface area contributed by atoms with Gasteiger partial charge in [-0.1, -0.05) is 31.2 Å². The smallest absolute Gasteiger partial charge is 0.251 e. The number of nitrogens with one attached hydrogen (secondary N) is 1. The summed E-state index contributed by atoms with van der Waals surface area (Å²) in [6.07, 6.45) is 3.92. The van der Waals surface area contributed by atoms with Crippen LogP contribution in [0.2, 0.25) is 0 Å². The third-order valence-corrected chi connectivity index (χ3v) is 6.24. The molecule has 7 heteroatoms. The molecule has 0 unspecified atom stereocenters. The Kier molecular flexibility index (Phi) is 5.86. The van der Waals surface area contributed by atoms with E-state index < -0.39 is 10.0 Å². The Morgan fingerprint density at radius 2 is 2.04 bits per heavy atom. The highest BCUT2D eigenvalue weighted by Gasteiger charge is 2.29. The number of ether oxygens (including phenoxy) is 1. The molecule has 1 aliphatic rings. The number of amides is 1. The van der Waals surface area contributed by atoms with Crippen LogP contribution in [0.3, 0.4) is 0 Å². The van der Waals surface area contributed by atoms with Crippen molar-refractivity contribution in [2.24, 2.45) is 0 Å². The number of carbonyl (C=O) groups excluding carboxylic acids is 1. The molecule has 148 valence electrons. The van der Waals surface area contributed by atoms with Gasteiger partial charge in [0.2, 0.25) is 10.0 Å². The quantitative estimate of drug-likeness (QED) is 0.757. The standard InChI is InChI=1S/C21H24N2O4S/c1-4-22-28(25,26)20-14-16(9-11-19(20)27-3)10-12-21(24)23-15(2)13-17-7-5-6-8-18(17)23/h5-12,14-15,22H,4,13H2,1-3H3/b12-10+/t15-/m1/s1. The van der Waals surface area contributed by atoms with Crippen molar-refractivity contribution < 1.29 is 17.9 Å². The first-order chi connectivity index (χ1) is 13.4. The maximum Gasteiger partial charge on any atom is 0.251 e. The van der Waals surface area contributed by atoms with Gasteiger partial charge in [0.25, 0.3) is 5.91 Å². The maximum atomic E-state index is 12.8. The van der Waals surface area contributed by atoms with Crippen molar-refractivity contribution in [2.45, 2.75) is 31.2 Å². The third kappa shape index (κ3) is 3.95. The fourth-order valence-corrected chi connectivity index (χ4v) is 4.67. The fraction of sp³-hybridized carbons (Fsp3) is 0.286. The van der Waals surface area contributed by atoms with Crippen LogP contribution in [-0.2, 0) is 21.2 Å². The largest absolute Gasteiger partial charge is 0.495 e. The number of hydrogen-bond donors (Lipinski definition) is 1. The number of para-hydroxylation sites is 1. The molecular formula is C21H24N2O4S. The summed E-state index contributed by atoms with van der Waals surface area (Å²) in [5.74, 6) is 0.121. The van der Waals surface area contributed by atoms with Crippen LogP contribution in [0, 0.1) is 0 Å². The van der Waals surface area contributed by atoms with Crippen LogP contribution in [0.5, 0.6) is 5.75 Å². The third-order valence-electron chi connectivity index (χ3n) is 4.67. The first-order valence-corrected chi connectivity index (χ1v) is 10.6. The van der Waals surface area contributed by atoms with Crippen molar-refractivity contribution in [3.63, 3.8) is 0 Å². The normalized spacial score (nSPS) is 16.4. The van der Waals surface area contributed by atoms with Gasteiger partial charge < -0.3 is 9.64 Å². The number of carbonyl (C=O) groups is 1. The van der Waals surface area contributed by atoms with Gasteiger partial charge in [-0.3, -0.25) is 4.79 Å². The zero-order chi connectivity index (χ0) is 20.3. The van der Waals surface area contributed by atoms with E-state index in [0.717, 1.165) is 17.7 Å². The topological polar surface area (TPSA) is 75.7 Å². The van der Waals surface area contributed by atoms with E-state index in [0.29, 0.717) is 5.56 Å². The van der Waals surface area contributed by atoms with Gasteiger partial charge in [0.1, 0.15) is 10.6 Å². The van der Waals surface area contributed by atoms with Gasteiger partial charge in [0.15, 0.2) is 0 Å². The van der Waals surface area contributed by atoms with Crippen LogP contribution < -0.4 is 14.4 Å². The summed E-state index contributed by atoms with van der Waals surface area (Å²) < 4.78 is 32.4. The maximum absolute atomic E-state index is 12.8. The summed E-state index contributed by atoms with van der Waals surface area (Å²) in [5, 5.41) is 0. The molecule has 0 saturated carbocycles. The molecule has 1 amide bonds. The van der Waals surface area contributed by atoms with Crippen molar-refractivity contribution >= 4 is 27.7 Å². The minimum atomic E-state index is -3.68. The Morgan fingerprint density at radius 3 is 2.75 bits per heavy atom. The lowest BCUT2D eigenvalue weighted by Gasteiger charge is -2.21. The van der Waals surface area contributed by atoms with Crippen molar-refractivity contribution in [1.29, 1.82) is 0 Å². The molecule has 1 heterocycles. The van der Waals surface area contributed by atoms with E-state index >= 15 is 0 Å². The number of hydrogen-bond acceptors (Lipinski definition) is 4. The van der Waals surface area contributed by atoms with Gasteiger partial charge >= 0.3 is 0 Å². The van der Waals surface area contributed by atoms with E-state index in [-0.39, 0.29) is 29.1 Å². The first-order valence-electron chi connectivity index (χ1n) is 9.14. The molecule has 0 radical (unpaired) electrons. The van der Waals surface area contributed by atoms with E-state index in [9.17, 15) is 13.2 Å². The van der Waals surface area contributed by atoms with E-state index in [1.807, 2.05) is 31.2 Å². The van der Waals surface area contributed by atoms with Gasteiger partial charge in [-0.25, -0.2) is 13.1 Å². The molecule has 0 aromatic heterocycles. The predicted octanol–water partition coefficient (Wildman–Crippen LogP) is 2.98. The lowest BCUT2D eigenvalue weighted by molar-refractivity contribution is -0.114. The molecule has 0 saturated heterocycles. The molecule has 2 aromatic rings. The van der Waals surface area contributed by atoms with Gasteiger partial charge in [0, 0.05) is 24.4 Å². The minimum absolute atomic E-state index is 0.0475. The highest BCUT2D eigenvalue weighted by molar-refractivity contribution is 7.89. The molecule has 1 atom stereocenters. The van der Waals surface area contributed by atoms with Crippen LogP contribution in [-0.4, -0.2) is 34.0 Å². The molecule has 6 nitrogen and oxygen atoms in total. The molecule has 0 spiro atoms. The summed E-state index contributed by atoms with van der Waals surface area (Å²) in [5.41, 5.74) is 2.68. The number of benzene rings is 2. The lowest BCUT2D eigenvalue weighted by atomic mass is 10.1. The average Bonchev–Trinajstić information content (AvgIpc) is 3.01. The highest BCUT2D eigenvalue weighted by Crippen LogP contribution is 2.32. The fourth-order valence-electron chi connectivity index (χ4n) is 3.42. The SMILES string of the molecule is CCNS(=O)(=O)c1cc(/C=C/C(=O)N2c3ccccc3C[C@H]2C)ccc1OC. The minimum Gasteiger partial charge on any atom is -0.495 e. The van der Waals surface area contributed by atoms with Crippen molar-refractivity contribution in [2.75, 3.05) is 18.6 Å². The number of methoxy groups -OCH3 is 1. The summed E-state index contributed by atoms with van der Waals surface area (Å²) >= 11 is 0. The Hall–Kier alpha value is -2.64. The van der Waals surface area contributed by atoms with Gasteiger partial charge in [-0.05, 0) is 48.7 Å². The zero-order valence-corrected chi connectivity index (χ0v) is 17.0. The molecule has 1 N–H and O–H groups in total. The molecular weight excluding hydrogens is 376 g/mol. The van der Waals surface area contributed by atoms with Gasteiger partial charge in [-0.2, -0.15) is 0 Å². The van der Waals surface area contributed by atoms with Crippen molar-refractivity contribution in [3.05, 3.63) is 59.7 Å². The van der Waals surface area contributed by atoms with Crippen LogP contribution in [0.4, 0.5) is 5.69 Å². The number of sulfonamides is 1. The molecule has 28 heavy (non-hydrogen) atoms. The van der Waals surface area contributed by atoms with Crippen molar-refractivity contribution in [3.8, 4) is 5.75 Å². The second kappa shape index (κ2) is 8.16. The van der Waals surface area contributed by atoms with Gasteiger partial charge in [-0.15, -0.1) is 0 Å². The Balaban J connectivity index is 1.88. The predicted molar refractivity (Wildman–Crippen MR) is 110 cm³/mol. The van der Waals surface area contributed by atoms with E-state index in [1.54, 1.807) is 30.0 Å².